The van der Waals surface area contributed by atoms with Gasteiger partial charge in [0.05, 0.1) is 27.6 Å². The number of pyridine rings is 1. The number of nitrogens with one attached hydrogen (secondary N) is 2. The van der Waals surface area contributed by atoms with Crippen LogP contribution >= 0.6 is 0 Å². The first-order chi connectivity index (χ1) is 13.8. The number of benzene rings is 2. The highest BCUT2D eigenvalue weighted by molar-refractivity contribution is 5.98. The van der Waals surface area contributed by atoms with E-state index in [0.29, 0.717) is 16.9 Å². The fourth-order valence-electron chi connectivity index (χ4n) is 3.40. The lowest BCUT2D eigenvalue weighted by atomic mass is 10.1. The highest BCUT2D eigenvalue weighted by Crippen LogP contribution is 2.30. The molecule has 0 aliphatic heterocycles. The monoisotopic (exact) mass is 394 g/mol. The molecule has 0 fully saturated rings. The van der Waals surface area contributed by atoms with E-state index in [-0.39, 0.29) is 16.6 Å². The number of nitrogen functional groups attached to an aromatic ring is 1. The van der Waals surface area contributed by atoms with Gasteiger partial charge in [-0.1, -0.05) is 6.07 Å². The van der Waals surface area contributed by atoms with Crippen LogP contribution in [-0.2, 0) is 0 Å². The Morgan fingerprint density at radius 2 is 1.86 bits per heavy atom. The molecule has 2 heterocycles. The van der Waals surface area contributed by atoms with Crippen LogP contribution in [0, 0.1) is 5.82 Å². The smallest absolute Gasteiger partial charge is 0.261 e. The number of halogens is 1. The second-order valence-electron chi connectivity index (χ2n) is 7.42. The quantitative estimate of drug-likeness (QED) is 0.484. The van der Waals surface area contributed by atoms with Gasteiger partial charge in [0.15, 0.2) is 0 Å². The molecule has 0 radical (unpaired) electrons. The van der Waals surface area contributed by atoms with Crippen molar-refractivity contribution in [2.75, 3.05) is 44.9 Å². The molecule has 2 aromatic heterocycles. The molecule has 0 saturated heterocycles. The van der Waals surface area contributed by atoms with Crippen LogP contribution in [-0.4, -0.2) is 54.1 Å². The van der Waals surface area contributed by atoms with Crippen LogP contribution in [0.4, 0.5) is 15.8 Å². The molecule has 0 saturated carbocycles. The first-order valence-corrected chi connectivity index (χ1v) is 9.31. The van der Waals surface area contributed by atoms with Crippen molar-refractivity contribution in [1.82, 2.24) is 19.9 Å². The number of fused-ring (bicyclic) bond motifs is 2. The topological polar surface area (TPSA) is 94.0 Å². The molecule has 2 aromatic carbocycles. The van der Waals surface area contributed by atoms with Crippen molar-refractivity contribution >= 4 is 33.3 Å². The van der Waals surface area contributed by atoms with Crippen molar-refractivity contribution < 1.29 is 4.39 Å². The van der Waals surface area contributed by atoms with Crippen LogP contribution in [0.5, 0.6) is 0 Å². The SMILES string of the molecule is CN(C)CCN(C)c1ccc2[nH]c(-c3c(N)c4c(F)cccc4[nH]c3=O)nc2c1. The Morgan fingerprint density at radius 1 is 1.07 bits per heavy atom. The molecule has 29 heavy (non-hydrogen) atoms. The third-order valence-electron chi connectivity index (χ3n) is 5.05. The Morgan fingerprint density at radius 3 is 2.62 bits per heavy atom. The molecule has 0 bridgehead atoms. The molecule has 0 aliphatic rings. The molecule has 150 valence electrons. The number of nitrogens with two attached hydrogens (primary N) is 1. The summed E-state index contributed by atoms with van der Waals surface area (Å²) in [7, 11) is 6.09. The molecular weight excluding hydrogens is 371 g/mol. The Bertz CT molecular complexity index is 1260. The van der Waals surface area contributed by atoms with E-state index in [1.54, 1.807) is 6.07 Å². The van der Waals surface area contributed by atoms with Crippen LogP contribution in [0.1, 0.15) is 0 Å². The Kier molecular flexibility index (Phi) is 4.71. The van der Waals surface area contributed by atoms with Gasteiger partial charge in [-0.3, -0.25) is 4.79 Å². The van der Waals surface area contributed by atoms with E-state index in [2.05, 4.69) is 24.8 Å². The molecule has 8 heteroatoms. The number of hydrogen-bond donors (Lipinski definition) is 3. The molecular formula is C21H23FN6O. The van der Waals surface area contributed by atoms with Crippen molar-refractivity contribution in [3.63, 3.8) is 0 Å². The molecule has 0 aliphatic carbocycles. The van der Waals surface area contributed by atoms with Gasteiger partial charge in [0.1, 0.15) is 17.2 Å². The van der Waals surface area contributed by atoms with E-state index in [1.807, 2.05) is 39.3 Å². The van der Waals surface area contributed by atoms with Crippen molar-refractivity contribution in [3.05, 3.63) is 52.6 Å². The van der Waals surface area contributed by atoms with Crippen LogP contribution < -0.4 is 16.2 Å². The molecule has 4 N–H and O–H groups in total. The van der Waals surface area contributed by atoms with Crippen molar-refractivity contribution in [3.8, 4) is 11.4 Å². The minimum Gasteiger partial charge on any atom is -0.397 e. The zero-order valence-corrected chi connectivity index (χ0v) is 16.6. The number of anilines is 2. The minimum atomic E-state index is -0.488. The lowest BCUT2D eigenvalue weighted by Gasteiger charge is -2.21. The second-order valence-corrected chi connectivity index (χ2v) is 7.42. The van der Waals surface area contributed by atoms with E-state index in [0.717, 1.165) is 24.3 Å². The van der Waals surface area contributed by atoms with Gasteiger partial charge >= 0.3 is 0 Å². The van der Waals surface area contributed by atoms with Gasteiger partial charge in [-0.2, -0.15) is 0 Å². The van der Waals surface area contributed by atoms with E-state index < -0.39 is 11.4 Å². The summed E-state index contributed by atoms with van der Waals surface area (Å²) in [5, 5.41) is 0.187. The lowest BCUT2D eigenvalue weighted by Crippen LogP contribution is -2.28. The van der Waals surface area contributed by atoms with Gasteiger partial charge in [0, 0.05) is 25.8 Å². The van der Waals surface area contributed by atoms with Gasteiger partial charge in [-0.05, 0) is 44.4 Å². The van der Waals surface area contributed by atoms with Crippen LogP contribution in [0.15, 0.2) is 41.2 Å². The predicted octanol–water partition coefficient (Wildman–Crippen LogP) is 2.79. The predicted molar refractivity (Wildman–Crippen MR) is 116 cm³/mol. The fraction of sp³-hybridized carbons (Fsp3) is 0.238. The molecule has 4 rings (SSSR count). The Balaban J connectivity index is 1.79. The lowest BCUT2D eigenvalue weighted by molar-refractivity contribution is 0.416. The van der Waals surface area contributed by atoms with E-state index in [4.69, 9.17) is 5.73 Å². The number of rotatable bonds is 5. The maximum atomic E-state index is 14.3. The summed E-state index contributed by atoms with van der Waals surface area (Å²) in [5.74, 6) is -0.171. The number of likely N-dealkylation sites (N-methyl/N-ethyl adjacent to an activating group) is 2. The molecule has 7 nitrogen and oxygen atoms in total. The first-order valence-electron chi connectivity index (χ1n) is 9.31. The molecule has 4 aromatic rings. The zero-order valence-electron chi connectivity index (χ0n) is 16.6. The minimum absolute atomic E-state index is 0.0734. The molecule has 0 spiro atoms. The number of H-pyrrole nitrogens is 2. The standard InChI is InChI=1S/C21H23FN6O/c1-27(2)9-10-28(3)12-7-8-14-16(11-12)25-20(24-14)18-19(23)17-13(22)5-4-6-15(17)26-21(18)29/h4-8,11H,9-10H2,1-3H3,(H,24,25)(H3,23,26,29). The average molecular weight is 394 g/mol. The third kappa shape index (κ3) is 3.42. The molecule has 0 amide bonds. The number of aromatic nitrogens is 3. The van der Waals surface area contributed by atoms with E-state index in [1.165, 1.54) is 12.1 Å². The van der Waals surface area contributed by atoms with Crippen molar-refractivity contribution in [2.24, 2.45) is 0 Å². The summed E-state index contributed by atoms with van der Waals surface area (Å²) in [5.41, 5.74) is 8.85. The summed E-state index contributed by atoms with van der Waals surface area (Å²) < 4.78 is 14.3. The first kappa shape index (κ1) is 18.9. The van der Waals surface area contributed by atoms with Gasteiger partial charge in [0.2, 0.25) is 0 Å². The van der Waals surface area contributed by atoms with E-state index >= 15 is 0 Å². The normalized spacial score (nSPS) is 11.6. The number of hydrogen-bond acceptors (Lipinski definition) is 5. The van der Waals surface area contributed by atoms with Crippen molar-refractivity contribution in [1.29, 1.82) is 0 Å². The van der Waals surface area contributed by atoms with Crippen molar-refractivity contribution in [2.45, 2.75) is 0 Å². The largest absolute Gasteiger partial charge is 0.397 e. The average Bonchev–Trinajstić information content (AvgIpc) is 3.08. The highest BCUT2D eigenvalue weighted by atomic mass is 19.1. The van der Waals surface area contributed by atoms with Gasteiger partial charge < -0.3 is 25.5 Å². The fourth-order valence-corrected chi connectivity index (χ4v) is 3.40. The second kappa shape index (κ2) is 7.21. The van der Waals surface area contributed by atoms with Gasteiger partial charge in [-0.25, -0.2) is 9.37 Å². The number of aromatic amines is 2. The van der Waals surface area contributed by atoms with Crippen LogP contribution in [0.2, 0.25) is 0 Å². The van der Waals surface area contributed by atoms with Crippen LogP contribution in [0.3, 0.4) is 0 Å². The number of nitrogens with zero attached hydrogens (tertiary/aromatic N) is 3. The van der Waals surface area contributed by atoms with E-state index in [9.17, 15) is 9.18 Å². The zero-order chi connectivity index (χ0) is 20.7. The molecule has 0 unspecified atom stereocenters. The summed E-state index contributed by atoms with van der Waals surface area (Å²) in [6.45, 7) is 1.79. The number of imidazole rings is 1. The highest BCUT2D eigenvalue weighted by Gasteiger charge is 2.18. The summed E-state index contributed by atoms with van der Waals surface area (Å²) in [6.07, 6.45) is 0. The van der Waals surface area contributed by atoms with Gasteiger partial charge in [0.25, 0.3) is 5.56 Å². The molecule has 0 atom stereocenters. The summed E-state index contributed by atoms with van der Waals surface area (Å²) in [6, 6.07) is 10.3. The maximum absolute atomic E-state index is 14.3. The summed E-state index contributed by atoms with van der Waals surface area (Å²) in [4.78, 5) is 27.3. The third-order valence-corrected chi connectivity index (χ3v) is 5.05. The Labute approximate surface area is 167 Å². The Hall–Kier alpha value is -3.39. The summed E-state index contributed by atoms with van der Waals surface area (Å²) >= 11 is 0. The van der Waals surface area contributed by atoms with Crippen LogP contribution in [0.25, 0.3) is 33.3 Å². The maximum Gasteiger partial charge on any atom is 0.261 e. The van der Waals surface area contributed by atoms with Gasteiger partial charge in [-0.15, -0.1) is 0 Å².